The van der Waals surface area contributed by atoms with Crippen LogP contribution in [0.1, 0.15) is 19.3 Å². The monoisotopic (exact) mass is 323 g/mol. The third kappa shape index (κ3) is 3.90. The molecule has 0 saturated carbocycles. The van der Waals surface area contributed by atoms with E-state index in [0.29, 0.717) is 12.5 Å². The van der Waals surface area contributed by atoms with E-state index in [4.69, 9.17) is 14.4 Å². The van der Waals surface area contributed by atoms with Gasteiger partial charge in [-0.3, -0.25) is 4.79 Å². The molecule has 21 heavy (non-hydrogen) atoms. The number of hydrogen-bond acceptors (Lipinski definition) is 6. The summed E-state index contributed by atoms with van der Waals surface area (Å²) in [5.41, 5.74) is 0. The first-order valence-corrected chi connectivity index (χ1v) is 8.97. The number of nitrogens with one attached hydrogen (secondary N) is 1. The van der Waals surface area contributed by atoms with Gasteiger partial charge in [-0.1, -0.05) is 0 Å². The van der Waals surface area contributed by atoms with E-state index in [9.17, 15) is 19.4 Å². The Morgan fingerprint density at radius 3 is 2.57 bits per heavy atom. The Bertz CT molecular complexity index is 424. The van der Waals surface area contributed by atoms with Crippen molar-refractivity contribution in [3.8, 4) is 0 Å². The summed E-state index contributed by atoms with van der Waals surface area (Å²) in [7, 11) is -1.49. The Balaban J connectivity index is 2.14. The van der Waals surface area contributed by atoms with Crippen LogP contribution in [0.4, 0.5) is 0 Å². The Hall–Kier alpha value is -0.790. The van der Waals surface area contributed by atoms with Gasteiger partial charge < -0.3 is 14.7 Å². The van der Waals surface area contributed by atoms with Crippen molar-refractivity contribution in [1.29, 1.82) is 0 Å². The first-order chi connectivity index (χ1) is 9.69. The van der Waals surface area contributed by atoms with Crippen molar-refractivity contribution in [2.75, 3.05) is 20.3 Å². The van der Waals surface area contributed by atoms with Gasteiger partial charge in [0.25, 0.3) is 0 Å². The second-order valence-corrected chi connectivity index (χ2v) is 7.75. The molecule has 0 aliphatic carbocycles. The molecule has 0 aromatic heterocycles. The van der Waals surface area contributed by atoms with Gasteiger partial charge in [-0.15, -0.1) is 0 Å². The van der Waals surface area contributed by atoms with Crippen molar-refractivity contribution in [2.24, 2.45) is 5.92 Å². The van der Waals surface area contributed by atoms with Crippen LogP contribution in [0, 0.1) is 5.92 Å². The van der Waals surface area contributed by atoms with E-state index in [1.165, 1.54) is 11.6 Å². The van der Waals surface area contributed by atoms with Gasteiger partial charge >= 0.3 is 19.9 Å². The van der Waals surface area contributed by atoms with Crippen molar-refractivity contribution in [3.05, 3.63) is 0 Å². The number of quaternary nitrogens is 1. The molecule has 4 N–H and O–H groups in total. The number of esters is 1. The maximum atomic E-state index is 12.2. The number of ether oxygens (including phenoxy) is 1. The van der Waals surface area contributed by atoms with E-state index in [2.05, 4.69) is 0 Å². The van der Waals surface area contributed by atoms with E-state index in [-0.39, 0.29) is 6.04 Å². The van der Waals surface area contributed by atoms with Crippen molar-refractivity contribution in [1.82, 2.24) is 0 Å². The molecule has 9 heteroatoms. The van der Waals surface area contributed by atoms with Crippen LogP contribution in [-0.2, 0) is 18.8 Å². The van der Waals surface area contributed by atoms with Crippen molar-refractivity contribution >= 4 is 19.9 Å². The number of rotatable bonds is 5. The summed E-state index contributed by atoms with van der Waals surface area (Å²) >= 11 is 0. The van der Waals surface area contributed by atoms with Crippen LogP contribution in [0.5, 0.6) is 0 Å². The van der Waals surface area contributed by atoms with Crippen LogP contribution in [0.3, 0.4) is 0 Å². The van der Waals surface area contributed by atoms with Crippen molar-refractivity contribution < 1.29 is 38.6 Å². The quantitative estimate of drug-likeness (QED) is 0.357. The number of carbonyl (C=O) groups excluding carboxylic acids is 1. The first kappa shape index (κ1) is 16.6. The van der Waals surface area contributed by atoms with Gasteiger partial charge in [0.05, 0.1) is 13.1 Å². The predicted molar refractivity (Wildman–Crippen MR) is 72.6 cm³/mol. The molecule has 5 atom stereocenters. The smallest absolute Gasteiger partial charge is 0.403 e. The Kier molecular flexibility index (Phi) is 4.85. The largest absolute Gasteiger partial charge is 0.479 e. The molecule has 2 aliphatic heterocycles. The number of hydrogen-bond donors (Lipinski definition) is 4. The number of fused-ring (bicyclic) bond motifs is 2. The SMILES string of the molecule is C[NH+]1C2CCC1[C@@H](C(=O)OCC(=O)O)[C@@H](O[P+](C)(O)O)C2. The summed E-state index contributed by atoms with van der Waals surface area (Å²) < 4.78 is 10.1. The number of carbonyl (C=O) groups is 2. The third-order valence-electron chi connectivity index (χ3n) is 4.35. The number of aliphatic carboxylic acids is 1. The summed E-state index contributed by atoms with van der Waals surface area (Å²) in [6.45, 7) is 0.502. The normalized spacial score (nSPS) is 35.5. The lowest BCUT2D eigenvalue weighted by molar-refractivity contribution is -0.926. The molecule has 0 spiro atoms. The molecular formula is C12H22NO7P+2. The second kappa shape index (κ2) is 6.14. The minimum Gasteiger partial charge on any atom is -0.479 e. The Labute approximate surface area is 123 Å². The summed E-state index contributed by atoms with van der Waals surface area (Å²) in [5.74, 6) is -2.52. The van der Waals surface area contributed by atoms with E-state index < -0.39 is 38.5 Å². The van der Waals surface area contributed by atoms with Gasteiger partial charge in [0, 0.05) is 19.3 Å². The van der Waals surface area contributed by atoms with Gasteiger partial charge in [0.1, 0.15) is 24.7 Å². The van der Waals surface area contributed by atoms with Crippen molar-refractivity contribution in [2.45, 2.75) is 37.5 Å². The maximum Gasteiger partial charge on any atom is 0.403 e. The van der Waals surface area contributed by atoms with E-state index in [1.807, 2.05) is 7.05 Å². The van der Waals surface area contributed by atoms with Gasteiger partial charge in [-0.2, -0.15) is 14.3 Å². The molecule has 0 amide bonds. The van der Waals surface area contributed by atoms with Crippen molar-refractivity contribution in [3.63, 3.8) is 0 Å². The highest BCUT2D eigenvalue weighted by molar-refractivity contribution is 7.58. The number of piperidine rings is 1. The fourth-order valence-corrected chi connectivity index (χ4v) is 4.23. The first-order valence-electron chi connectivity index (χ1n) is 6.91. The van der Waals surface area contributed by atoms with Crippen LogP contribution >= 0.6 is 7.94 Å². The highest BCUT2D eigenvalue weighted by Crippen LogP contribution is 2.50. The predicted octanol–water partition coefficient (Wildman–Crippen LogP) is -1.56. The molecule has 2 bridgehead atoms. The summed E-state index contributed by atoms with van der Waals surface area (Å²) in [4.78, 5) is 43.0. The van der Waals surface area contributed by atoms with E-state index in [0.717, 1.165) is 12.8 Å². The highest BCUT2D eigenvalue weighted by atomic mass is 31.2. The standard InChI is InChI=1S/C12H20NO7P/c1-13-7-3-4-8(13)11(12(16)19-6-10(14)15)9(5-7)20-21(2,17)18/h7-9,11,17-18H,3-6H2,1-2H3/p+2/t7?,8?,9-,11+/m0/s1. The van der Waals surface area contributed by atoms with Crippen LogP contribution in [-0.4, -0.2) is 65.3 Å². The second-order valence-electron chi connectivity index (χ2n) is 5.87. The molecule has 120 valence electrons. The van der Waals surface area contributed by atoms with Gasteiger partial charge in [0.15, 0.2) is 6.61 Å². The zero-order valence-electron chi connectivity index (χ0n) is 12.1. The van der Waals surface area contributed by atoms with Crippen LogP contribution in [0.25, 0.3) is 0 Å². The Morgan fingerprint density at radius 1 is 1.33 bits per heavy atom. The molecule has 2 rings (SSSR count). The van der Waals surface area contributed by atoms with E-state index in [1.54, 1.807) is 0 Å². The van der Waals surface area contributed by atoms with Crippen LogP contribution in [0.2, 0.25) is 0 Å². The van der Waals surface area contributed by atoms with Crippen LogP contribution in [0.15, 0.2) is 0 Å². The molecule has 2 fully saturated rings. The molecule has 3 unspecified atom stereocenters. The molecule has 2 saturated heterocycles. The summed E-state index contributed by atoms with van der Waals surface area (Å²) in [5, 5.41) is 8.61. The fraction of sp³-hybridized carbons (Fsp3) is 0.833. The molecule has 8 nitrogen and oxygen atoms in total. The molecule has 2 heterocycles. The van der Waals surface area contributed by atoms with Gasteiger partial charge in [-0.25, -0.2) is 4.79 Å². The highest BCUT2D eigenvalue weighted by Gasteiger charge is 2.56. The summed E-state index contributed by atoms with van der Waals surface area (Å²) in [6, 6.07) is 0.275. The fourth-order valence-electron chi connectivity index (χ4n) is 3.50. The average Bonchev–Trinajstić information content (AvgIpc) is 2.59. The van der Waals surface area contributed by atoms with E-state index >= 15 is 0 Å². The molecular weight excluding hydrogens is 301 g/mol. The average molecular weight is 323 g/mol. The lowest BCUT2D eigenvalue weighted by Crippen LogP contribution is -3.16. The number of carboxylic acid groups (broad SMARTS) is 1. The molecule has 0 aromatic carbocycles. The Morgan fingerprint density at radius 2 is 2.00 bits per heavy atom. The number of carboxylic acids is 1. The summed E-state index contributed by atoms with van der Waals surface area (Å²) in [6.07, 6.45) is 1.65. The van der Waals surface area contributed by atoms with Gasteiger partial charge in [0.2, 0.25) is 0 Å². The lowest BCUT2D eigenvalue weighted by Gasteiger charge is -2.37. The minimum atomic E-state index is -3.48. The van der Waals surface area contributed by atoms with Crippen LogP contribution < -0.4 is 4.90 Å². The minimum absolute atomic E-state index is 0.0402. The zero-order valence-corrected chi connectivity index (χ0v) is 13.0. The molecule has 0 radical (unpaired) electrons. The van der Waals surface area contributed by atoms with Gasteiger partial charge in [-0.05, 0) is 0 Å². The zero-order chi connectivity index (χ0) is 15.8. The third-order valence-corrected chi connectivity index (χ3v) is 5.02. The molecule has 0 aromatic rings. The lowest BCUT2D eigenvalue weighted by atomic mass is 9.88. The topological polar surface area (TPSA) is 118 Å². The molecule has 2 aliphatic rings. The maximum absolute atomic E-state index is 12.2.